The van der Waals surface area contributed by atoms with Gasteiger partial charge in [-0.05, 0) is 58.5 Å². The molecule has 2 rings (SSSR count). The number of carbonyl (C=O) groups excluding carboxylic acids is 1. The molecule has 0 saturated heterocycles. The van der Waals surface area contributed by atoms with Crippen LogP contribution in [0, 0.1) is 3.57 Å². The highest BCUT2D eigenvalue weighted by atomic mass is 127. The lowest BCUT2D eigenvalue weighted by Gasteiger charge is -2.05. The largest absolute Gasteiger partial charge is 0.496 e. The van der Waals surface area contributed by atoms with E-state index in [-0.39, 0.29) is 5.91 Å². The molecule has 0 aliphatic heterocycles. The van der Waals surface area contributed by atoms with Gasteiger partial charge in [0, 0.05) is 10.6 Å². The summed E-state index contributed by atoms with van der Waals surface area (Å²) in [5.41, 5.74) is 3.85. The van der Waals surface area contributed by atoms with Crippen molar-refractivity contribution >= 4 is 46.3 Å². The maximum absolute atomic E-state index is 12.0. The molecule has 0 radical (unpaired) electrons. The fourth-order valence-corrected chi connectivity index (χ4v) is 2.45. The fourth-order valence-electron chi connectivity index (χ4n) is 1.59. The Morgan fingerprint density at radius 1 is 1.29 bits per heavy atom. The number of methoxy groups -OCH3 is 1. The van der Waals surface area contributed by atoms with E-state index in [4.69, 9.17) is 16.3 Å². The van der Waals surface area contributed by atoms with Crippen molar-refractivity contribution in [3.63, 3.8) is 0 Å². The predicted molar refractivity (Wildman–Crippen MR) is 92.2 cm³/mol. The molecule has 0 bridgehead atoms. The number of carbonyl (C=O) groups is 1. The lowest BCUT2D eigenvalue weighted by atomic mass is 10.2. The van der Waals surface area contributed by atoms with Crippen LogP contribution in [-0.4, -0.2) is 19.2 Å². The van der Waals surface area contributed by atoms with Crippen molar-refractivity contribution in [2.24, 2.45) is 5.10 Å². The first kappa shape index (κ1) is 15.8. The molecule has 0 aliphatic rings. The first-order valence-corrected chi connectivity index (χ1v) is 7.48. The molecule has 0 saturated carbocycles. The molecule has 0 atom stereocenters. The van der Waals surface area contributed by atoms with Crippen molar-refractivity contribution in [2.45, 2.75) is 0 Å². The Hall–Kier alpha value is -1.60. The molecule has 1 amide bonds. The van der Waals surface area contributed by atoms with Crippen molar-refractivity contribution in [2.75, 3.05) is 7.11 Å². The van der Waals surface area contributed by atoms with Crippen LogP contribution in [0.3, 0.4) is 0 Å². The molecular formula is C15H12ClIN2O2. The molecule has 2 aromatic rings. The van der Waals surface area contributed by atoms with Gasteiger partial charge in [0.2, 0.25) is 0 Å². The Balaban J connectivity index is 2.01. The molecule has 108 valence electrons. The molecule has 2 aromatic carbocycles. The van der Waals surface area contributed by atoms with Crippen LogP contribution in [0.25, 0.3) is 0 Å². The monoisotopic (exact) mass is 414 g/mol. The smallest absolute Gasteiger partial charge is 0.271 e. The number of hydrogen-bond acceptors (Lipinski definition) is 3. The number of ether oxygens (including phenoxy) is 1. The quantitative estimate of drug-likeness (QED) is 0.471. The predicted octanol–water partition coefficient (Wildman–Crippen LogP) is 3.72. The van der Waals surface area contributed by atoms with Gasteiger partial charge in [-0.25, -0.2) is 5.43 Å². The summed E-state index contributed by atoms with van der Waals surface area (Å²) >= 11 is 7.90. The molecule has 0 fully saturated rings. The van der Waals surface area contributed by atoms with Gasteiger partial charge >= 0.3 is 0 Å². The molecule has 0 unspecified atom stereocenters. The summed E-state index contributed by atoms with van der Waals surface area (Å²) in [4.78, 5) is 12.0. The van der Waals surface area contributed by atoms with Crippen LogP contribution in [0.2, 0.25) is 5.02 Å². The van der Waals surface area contributed by atoms with Crippen molar-refractivity contribution in [1.82, 2.24) is 5.43 Å². The van der Waals surface area contributed by atoms with Gasteiger partial charge in [0.1, 0.15) is 5.75 Å². The number of benzene rings is 2. The minimum atomic E-state index is -0.277. The first-order valence-electron chi connectivity index (χ1n) is 6.02. The fraction of sp³-hybridized carbons (Fsp3) is 0.0667. The van der Waals surface area contributed by atoms with E-state index in [1.807, 2.05) is 12.1 Å². The summed E-state index contributed by atoms with van der Waals surface area (Å²) in [6.45, 7) is 0. The summed E-state index contributed by atoms with van der Waals surface area (Å²) in [5, 5.41) is 4.57. The maximum Gasteiger partial charge on any atom is 0.271 e. The highest BCUT2D eigenvalue weighted by Gasteiger charge is 2.07. The van der Waals surface area contributed by atoms with E-state index in [2.05, 4.69) is 33.1 Å². The Labute approximate surface area is 141 Å². The van der Waals surface area contributed by atoms with Gasteiger partial charge in [0.05, 0.1) is 16.9 Å². The molecule has 0 aromatic heterocycles. The average molecular weight is 415 g/mol. The zero-order valence-electron chi connectivity index (χ0n) is 11.1. The Bertz CT molecular complexity index is 672. The molecule has 1 N–H and O–H groups in total. The van der Waals surface area contributed by atoms with Gasteiger partial charge in [0.15, 0.2) is 0 Å². The van der Waals surface area contributed by atoms with E-state index < -0.39 is 0 Å². The number of rotatable bonds is 4. The topological polar surface area (TPSA) is 50.7 Å². The molecule has 0 aliphatic carbocycles. The average Bonchev–Trinajstić information content (AvgIpc) is 2.49. The summed E-state index contributed by atoms with van der Waals surface area (Å²) in [5.74, 6) is 0.456. The second kappa shape index (κ2) is 7.42. The highest BCUT2D eigenvalue weighted by Crippen LogP contribution is 2.21. The number of nitrogens with zero attached hydrogens (tertiary/aromatic N) is 1. The second-order valence-corrected chi connectivity index (χ2v) is 5.70. The molecule has 4 nitrogen and oxygen atoms in total. The van der Waals surface area contributed by atoms with Gasteiger partial charge in [0.25, 0.3) is 5.91 Å². The first-order chi connectivity index (χ1) is 10.1. The highest BCUT2D eigenvalue weighted by molar-refractivity contribution is 14.1. The van der Waals surface area contributed by atoms with E-state index in [1.165, 1.54) is 0 Å². The number of halogens is 2. The van der Waals surface area contributed by atoms with Gasteiger partial charge < -0.3 is 4.74 Å². The van der Waals surface area contributed by atoms with Crippen LogP contribution in [0.15, 0.2) is 47.6 Å². The standard InChI is InChI=1S/C15H12ClIN2O2/c1-21-14-7-4-11(8-13(14)17)15(20)19-18-9-10-2-5-12(16)6-3-10/h2-9H,1H3,(H,19,20)/b18-9+. The Kier molecular flexibility index (Phi) is 5.58. The van der Waals surface area contributed by atoms with Crippen LogP contribution < -0.4 is 10.2 Å². The summed E-state index contributed by atoms with van der Waals surface area (Å²) in [6.07, 6.45) is 1.56. The third-order valence-electron chi connectivity index (χ3n) is 2.66. The summed E-state index contributed by atoms with van der Waals surface area (Å²) in [6, 6.07) is 12.3. The zero-order valence-corrected chi connectivity index (χ0v) is 14.1. The van der Waals surface area contributed by atoms with E-state index in [0.29, 0.717) is 10.6 Å². The number of amides is 1. The lowest BCUT2D eigenvalue weighted by molar-refractivity contribution is 0.0955. The van der Waals surface area contributed by atoms with E-state index in [1.54, 1.807) is 43.7 Å². The SMILES string of the molecule is COc1ccc(C(=O)N/N=C/c2ccc(Cl)cc2)cc1I. The number of hydrogen-bond donors (Lipinski definition) is 1. The summed E-state index contributed by atoms with van der Waals surface area (Å²) in [7, 11) is 1.59. The normalized spacial score (nSPS) is 10.6. The van der Waals surface area contributed by atoms with E-state index in [0.717, 1.165) is 14.9 Å². The van der Waals surface area contributed by atoms with Crippen LogP contribution in [0.4, 0.5) is 0 Å². The molecule has 0 heterocycles. The maximum atomic E-state index is 12.0. The van der Waals surface area contributed by atoms with Crippen molar-refractivity contribution < 1.29 is 9.53 Å². The minimum absolute atomic E-state index is 0.277. The molecule has 6 heteroatoms. The van der Waals surface area contributed by atoms with E-state index in [9.17, 15) is 4.79 Å². The van der Waals surface area contributed by atoms with Crippen molar-refractivity contribution in [1.29, 1.82) is 0 Å². The van der Waals surface area contributed by atoms with Gasteiger partial charge in [-0.15, -0.1) is 0 Å². The number of hydrazone groups is 1. The number of nitrogens with one attached hydrogen (secondary N) is 1. The van der Waals surface area contributed by atoms with Crippen molar-refractivity contribution in [3.05, 3.63) is 62.2 Å². The molecule has 0 spiro atoms. The third kappa shape index (κ3) is 4.44. The van der Waals surface area contributed by atoms with Gasteiger partial charge in [-0.2, -0.15) is 5.10 Å². The minimum Gasteiger partial charge on any atom is -0.496 e. The van der Waals surface area contributed by atoms with Crippen LogP contribution in [-0.2, 0) is 0 Å². The Morgan fingerprint density at radius 2 is 2.00 bits per heavy atom. The van der Waals surface area contributed by atoms with Gasteiger partial charge in [-0.1, -0.05) is 23.7 Å². The van der Waals surface area contributed by atoms with Crippen molar-refractivity contribution in [3.8, 4) is 5.75 Å². The summed E-state index contributed by atoms with van der Waals surface area (Å²) < 4.78 is 6.01. The Morgan fingerprint density at radius 3 is 2.62 bits per heavy atom. The van der Waals surface area contributed by atoms with E-state index >= 15 is 0 Å². The third-order valence-corrected chi connectivity index (χ3v) is 3.76. The van der Waals surface area contributed by atoms with Gasteiger partial charge in [-0.3, -0.25) is 4.79 Å². The zero-order chi connectivity index (χ0) is 15.2. The lowest BCUT2D eigenvalue weighted by Crippen LogP contribution is -2.17. The molecule has 21 heavy (non-hydrogen) atoms. The van der Waals surface area contributed by atoms with Crippen LogP contribution >= 0.6 is 34.2 Å². The second-order valence-electron chi connectivity index (χ2n) is 4.10. The molecular weight excluding hydrogens is 403 g/mol. The van der Waals surface area contributed by atoms with Crippen LogP contribution in [0.5, 0.6) is 5.75 Å². The van der Waals surface area contributed by atoms with Crippen LogP contribution in [0.1, 0.15) is 15.9 Å².